The van der Waals surface area contributed by atoms with Crippen LogP contribution in [-0.4, -0.2) is 28.7 Å². The van der Waals surface area contributed by atoms with Gasteiger partial charge in [-0.2, -0.15) is 0 Å². The van der Waals surface area contributed by atoms with Crippen molar-refractivity contribution in [3.8, 4) is 5.75 Å². The largest absolute Gasteiger partial charge is 0.490 e. The molecule has 24 heavy (non-hydrogen) atoms. The number of rotatable bonds is 5. The normalized spacial score (nSPS) is 16.6. The quantitative estimate of drug-likeness (QED) is 0.827. The van der Waals surface area contributed by atoms with Crippen molar-refractivity contribution >= 4 is 6.03 Å². The van der Waals surface area contributed by atoms with Crippen molar-refractivity contribution in [2.45, 2.75) is 31.8 Å². The zero-order valence-corrected chi connectivity index (χ0v) is 13.4. The lowest BCUT2D eigenvalue weighted by Gasteiger charge is -2.19. The summed E-state index contributed by atoms with van der Waals surface area (Å²) in [7, 11) is 0. The number of halogens is 1. The third kappa shape index (κ3) is 4.04. The van der Waals surface area contributed by atoms with Gasteiger partial charge in [-0.15, -0.1) is 0 Å². The number of aryl methyl sites for hydroxylation is 1. The average Bonchev–Trinajstić information content (AvgIpc) is 3.01. The molecular formula is C17H21FN4O2. The summed E-state index contributed by atoms with van der Waals surface area (Å²) < 4.78 is 21.3. The Balaban J connectivity index is 1.51. The van der Waals surface area contributed by atoms with Crippen molar-refractivity contribution in [3.63, 3.8) is 0 Å². The molecule has 0 spiro atoms. The molecule has 0 saturated carbocycles. The van der Waals surface area contributed by atoms with Crippen LogP contribution in [0, 0.1) is 5.82 Å². The number of imidazole rings is 1. The summed E-state index contributed by atoms with van der Waals surface area (Å²) in [4.78, 5) is 16.1. The van der Waals surface area contributed by atoms with E-state index >= 15 is 0 Å². The molecule has 0 radical (unpaired) electrons. The van der Waals surface area contributed by atoms with E-state index in [0.29, 0.717) is 18.7 Å². The second-order valence-electron chi connectivity index (χ2n) is 5.76. The number of ether oxygens (including phenoxy) is 1. The highest BCUT2D eigenvalue weighted by atomic mass is 19.1. The number of nitrogens with zero attached hydrogens (tertiary/aromatic N) is 2. The smallest absolute Gasteiger partial charge is 0.315 e. The summed E-state index contributed by atoms with van der Waals surface area (Å²) in [5.74, 6) is -0.137. The number of aromatic nitrogens is 2. The molecular weight excluding hydrogens is 311 g/mol. The van der Waals surface area contributed by atoms with E-state index in [9.17, 15) is 9.18 Å². The molecule has 7 heteroatoms. The van der Waals surface area contributed by atoms with Crippen molar-refractivity contribution < 1.29 is 13.9 Å². The molecule has 1 atom stereocenters. The number of nitrogens with one attached hydrogen (secondary N) is 2. The lowest BCUT2D eigenvalue weighted by molar-refractivity contribution is 0.236. The molecule has 0 unspecified atom stereocenters. The van der Waals surface area contributed by atoms with Crippen LogP contribution in [0.25, 0.3) is 0 Å². The maximum atomic E-state index is 13.9. The Morgan fingerprint density at radius 3 is 3.21 bits per heavy atom. The highest BCUT2D eigenvalue weighted by Crippen LogP contribution is 2.33. The number of amides is 2. The molecule has 0 saturated heterocycles. The van der Waals surface area contributed by atoms with Crippen LogP contribution in [0.2, 0.25) is 0 Å². The fourth-order valence-electron chi connectivity index (χ4n) is 2.81. The van der Waals surface area contributed by atoms with Gasteiger partial charge in [-0.25, -0.2) is 14.2 Å². The second-order valence-corrected chi connectivity index (χ2v) is 5.76. The minimum atomic E-state index is -0.387. The molecule has 1 aromatic carbocycles. The predicted octanol–water partition coefficient (Wildman–Crippen LogP) is 2.63. The van der Waals surface area contributed by atoms with Gasteiger partial charge in [0.25, 0.3) is 0 Å². The van der Waals surface area contributed by atoms with Crippen molar-refractivity contribution in [1.82, 2.24) is 20.2 Å². The van der Waals surface area contributed by atoms with Gasteiger partial charge in [0.15, 0.2) is 11.6 Å². The van der Waals surface area contributed by atoms with Crippen LogP contribution >= 0.6 is 0 Å². The molecule has 2 heterocycles. The van der Waals surface area contributed by atoms with Gasteiger partial charge >= 0.3 is 6.03 Å². The first-order valence-electron chi connectivity index (χ1n) is 8.15. The Bertz CT molecular complexity index is 675. The van der Waals surface area contributed by atoms with Gasteiger partial charge in [-0.3, -0.25) is 0 Å². The fourth-order valence-corrected chi connectivity index (χ4v) is 2.81. The Morgan fingerprint density at radius 1 is 1.46 bits per heavy atom. The van der Waals surface area contributed by atoms with Crippen LogP contribution in [0.15, 0.2) is 36.9 Å². The van der Waals surface area contributed by atoms with E-state index in [1.54, 1.807) is 24.7 Å². The number of carbonyl (C=O) groups is 1. The van der Waals surface area contributed by atoms with E-state index < -0.39 is 0 Å². The summed E-state index contributed by atoms with van der Waals surface area (Å²) in [5, 5.41) is 5.76. The molecule has 1 aromatic heterocycles. The van der Waals surface area contributed by atoms with Gasteiger partial charge in [0, 0.05) is 31.0 Å². The first-order valence-corrected chi connectivity index (χ1v) is 8.15. The molecule has 128 valence electrons. The standard InChI is InChI=1S/C17H21FN4O2/c18-14-5-1-4-13-15(6-2-11-24-16(13)14)21-17(23)20-7-3-9-22-10-8-19-12-22/h1,4-5,8,10,12,15H,2-3,6-7,9,11H2,(H2,20,21,23)/t15-/m1/s1. The number of hydrogen-bond acceptors (Lipinski definition) is 3. The molecule has 0 bridgehead atoms. The molecule has 1 aliphatic heterocycles. The number of hydrogen-bond donors (Lipinski definition) is 2. The SMILES string of the molecule is O=C(NCCCn1ccnc1)N[C@@H]1CCCOc2c(F)cccc21. The van der Waals surface area contributed by atoms with Gasteiger partial charge < -0.3 is 19.9 Å². The summed E-state index contributed by atoms with van der Waals surface area (Å²) in [5.41, 5.74) is 0.695. The van der Waals surface area contributed by atoms with E-state index in [0.717, 1.165) is 25.8 Å². The maximum absolute atomic E-state index is 13.9. The van der Waals surface area contributed by atoms with Crippen molar-refractivity contribution in [1.29, 1.82) is 0 Å². The first-order chi connectivity index (χ1) is 11.7. The van der Waals surface area contributed by atoms with Crippen LogP contribution in [0.3, 0.4) is 0 Å². The van der Waals surface area contributed by atoms with Gasteiger partial charge in [0.2, 0.25) is 0 Å². The number of para-hydroxylation sites is 1. The van der Waals surface area contributed by atoms with E-state index in [4.69, 9.17) is 4.74 Å². The fraction of sp³-hybridized carbons (Fsp3) is 0.412. The maximum Gasteiger partial charge on any atom is 0.315 e. The van der Waals surface area contributed by atoms with Gasteiger partial charge in [0.1, 0.15) is 0 Å². The van der Waals surface area contributed by atoms with Crippen LogP contribution < -0.4 is 15.4 Å². The lowest BCUT2D eigenvalue weighted by atomic mass is 10.0. The molecule has 6 nitrogen and oxygen atoms in total. The molecule has 2 aromatic rings. The monoisotopic (exact) mass is 332 g/mol. The second kappa shape index (κ2) is 7.81. The van der Waals surface area contributed by atoms with Crippen LogP contribution in [-0.2, 0) is 6.54 Å². The van der Waals surface area contributed by atoms with Crippen LogP contribution in [0.4, 0.5) is 9.18 Å². The number of carbonyl (C=O) groups excluding carboxylic acids is 1. The Kier molecular flexibility index (Phi) is 5.30. The topological polar surface area (TPSA) is 68.2 Å². The van der Waals surface area contributed by atoms with Gasteiger partial charge in [0.05, 0.1) is 19.0 Å². The zero-order valence-electron chi connectivity index (χ0n) is 13.4. The van der Waals surface area contributed by atoms with E-state index in [-0.39, 0.29) is 23.6 Å². The molecule has 2 N–H and O–H groups in total. The minimum absolute atomic E-state index is 0.244. The summed E-state index contributed by atoms with van der Waals surface area (Å²) in [6.07, 6.45) is 7.65. The lowest BCUT2D eigenvalue weighted by Crippen LogP contribution is -2.38. The predicted molar refractivity (Wildman–Crippen MR) is 87.2 cm³/mol. The summed E-state index contributed by atoms with van der Waals surface area (Å²) >= 11 is 0. The Morgan fingerprint density at radius 2 is 2.38 bits per heavy atom. The summed E-state index contributed by atoms with van der Waals surface area (Å²) in [6, 6.07) is 4.32. The first kappa shape index (κ1) is 16.3. The molecule has 3 rings (SSSR count). The van der Waals surface area contributed by atoms with Gasteiger partial charge in [-0.1, -0.05) is 12.1 Å². The molecule has 2 amide bonds. The Labute approximate surface area is 140 Å². The van der Waals surface area contributed by atoms with E-state index in [2.05, 4.69) is 15.6 Å². The number of fused-ring (bicyclic) bond motifs is 1. The number of benzene rings is 1. The molecule has 0 aliphatic carbocycles. The average molecular weight is 332 g/mol. The highest BCUT2D eigenvalue weighted by Gasteiger charge is 2.23. The third-order valence-corrected chi connectivity index (χ3v) is 4.00. The molecule has 1 aliphatic rings. The molecule has 0 fully saturated rings. The van der Waals surface area contributed by atoms with Crippen LogP contribution in [0.1, 0.15) is 30.9 Å². The van der Waals surface area contributed by atoms with Gasteiger partial charge in [-0.05, 0) is 25.3 Å². The van der Waals surface area contributed by atoms with Crippen LogP contribution in [0.5, 0.6) is 5.75 Å². The highest BCUT2D eigenvalue weighted by molar-refractivity contribution is 5.74. The number of urea groups is 1. The van der Waals surface area contributed by atoms with Crippen molar-refractivity contribution in [2.75, 3.05) is 13.2 Å². The van der Waals surface area contributed by atoms with E-state index in [1.807, 2.05) is 10.8 Å². The van der Waals surface area contributed by atoms with Crippen molar-refractivity contribution in [3.05, 3.63) is 48.3 Å². The minimum Gasteiger partial charge on any atom is -0.490 e. The Hall–Kier alpha value is -2.57. The summed E-state index contributed by atoms with van der Waals surface area (Å²) in [6.45, 7) is 1.81. The third-order valence-electron chi connectivity index (χ3n) is 4.00. The zero-order chi connectivity index (χ0) is 16.8. The van der Waals surface area contributed by atoms with E-state index in [1.165, 1.54) is 6.07 Å². The van der Waals surface area contributed by atoms with Crippen molar-refractivity contribution in [2.24, 2.45) is 0 Å².